The molecule has 0 bridgehead atoms. The number of rotatable bonds is 11. The Kier molecular flexibility index (Phi) is 8.46. The lowest BCUT2D eigenvalue weighted by Crippen LogP contribution is -2.49. The number of aryl methyl sites for hydroxylation is 1. The molecular weight excluding hydrogens is 340 g/mol. The normalized spacial score (nSPS) is 16.6. The van der Waals surface area contributed by atoms with Crippen molar-refractivity contribution in [3.05, 3.63) is 11.9 Å². The van der Waals surface area contributed by atoms with E-state index in [1.807, 2.05) is 27.7 Å². The minimum absolute atomic E-state index is 0.0161. The quantitative estimate of drug-likeness (QED) is 0.611. The first kappa shape index (κ1) is 23.6. The van der Waals surface area contributed by atoms with Gasteiger partial charge in [0.1, 0.15) is 0 Å². The fourth-order valence-corrected chi connectivity index (χ4v) is 3.61. The Morgan fingerprint density at radius 1 is 1.19 bits per heavy atom. The van der Waals surface area contributed by atoms with E-state index in [2.05, 4.69) is 36.4 Å². The standard InChI is InChI=1S/C21H40N4O2/c1-8-11-14-20(7,9-2)21(27,10-3)16-25-17(15-22-24-25)12-13-18(26)23-19(4,5)6/h15,27H,8-14,16H2,1-7H3,(H,23,26)/t20?,21-/m1/s1. The first-order valence-electron chi connectivity index (χ1n) is 10.4. The van der Waals surface area contributed by atoms with Gasteiger partial charge in [-0.2, -0.15) is 0 Å². The molecule has 2 N–H and O–H groups in total. The highest BCUT2D eigenvalue weighted by Gasteiger charge is 2.44. The molecule has 0 saturated carbocycles. The van der Waals surface area contributed by atoms with Gasteiger partial charge in [0.25, 0.3) is 0 Å². The van der Waals surface area contributed by atoms with Crippen LogP contribution in [0.4, 0.5) is 0 Å². The molecule has 0 fully saturated rings. The number of hydrogen-bond donors (Lipinski definition) is 2. The zero-order chi connectivity index (χ0) is 20.7. The van der Waals surface area contributed by atoms with Gasteiger partial charge in [-0.1, -0.05) is 45.7 Å². The lowest BCUT2D eigenvalue weighted by molar-refractivity contribution is -0.122. The third-order valence-corrected chi connectivity index (χ3v) is 5.80. The molecule has 27 heavy (non-hydrogen) atoms. The Morgan fingerprint density at radius 2 is 1.85 bits per heavy atom. The predicted molar refractivity (Wildman–Crippen MR) is 109 cm³/mol. The molecule has 1 aromatic heterocycles. The number of nitrogens with zero attached hydrogens (tertiary/aromatic N) is 3. The van der Waals surface area contributed by atoms with Crippen molar-refractivity contribution in [3.8, 4) is 0 Å². The van der Waals surface area contributed by atoms with Crippen LogP contribution in [0.2, 0.25) is 0 Å². The van der Waals surface area contributed by atoms with E-state index in [-0.39, 0.29) is 16.9 Å². The Morgan fingerprint density at radius 3 is 2.37 bits per heavy atom. The fourth-order valence-electron chi connectivity index (χ4n) is 3.61. The van der Waals surface area contributed by atoms with Crippen LogP contribution in [0.3, 0.4) is 0 Å². The van der Waals surface area contributed by atoms with Crippen molar-refractivity contribution in [1.82, 2.24) is 20.3 Å². The zero-order valence-electron chi connectivity index (χ0n) is 18.4. The number of aromatic nitrogens is 3. The Bertz CT molecular complexity index is 593. The third kappa shape index (κ3) is 6.59. The van der Waals surface area contributed by atoms with Crippen molar-refractivity contribution in [1.29, 1.82) is 0 Å². The molecule has 1 unspecified atom stereocenters. The molecule has 156 valence electrons. The summed E-state index contributed by atoms with van der Waals surface area (Å²) in [5.41, 5.74) is -0.377. The van der Waals surface area contributed by atoms with Gasteiger partial charge < -0.3 is 10.4 Å². The fraction of sp³-hybridized carbons (Fsp3) is 0.857. The second kappa shape index (κ2) is 9.67. The molecule has 0 radical (unpaired) electrons. The summed E-state index contributed by atoms with van der Waals surface area (Å²) >= 11 is 0. The van der Waals surface area contributed by atoms with Crippen LogP contribution in [0.1, 0.15) is 92.7 Å². The first-order chi connectivity index (χ1) is 12.5. The summed E-state index contributed by atoms with van der Waals surface area (Å²) in [6.45, 7) is 14.9. The van der Waals surface area contributed by atoms with Gasteiger partial charge in [-0.25, -0.2) is 4.68 Å². The van der Waals surface area contributed by atoms with Crippen LogP contribution in [0.5, 0.6) is 0 Å². The summed E-state index contributed by atoms with van der Waals surface area (Å²) in [4.78, 5) is 12.1. The summed E-state index contributed by atoms with van der Waals surface area (Å²) in [5.74, 6) is 0.0161. The SMILES string of the molecule is CCCCC(C)(CC)[C@@](O)(CC)Cn1nncc1CCC(=O)NC(C)(C)C. The lowest BCUT2D eigenvalue weighted by atomic mass is 9.67. The number of carbonyl (C=O) groups is 1. The molecule has 1 heterocycles. The van der Waals surface area contributed by atoms with Gasteiger partial charge in [0.05, 0.1) is 24.0 Å². The second-order valence-electron chi connectivity index (χ2n) is 9.08. The molecule has 0 aliphatic rings. The molecule has 0 saturated heterocycles. The van der Waals surface area contributed by atoms with Gasteiger partial charge in [-0.3, -0.25) is 4.79 Å². The number of carbonyl (C=O) groups excluding carboxylic acids is 1. The molecule has 0 aliphatic heterocycles. The van der Waals surface area contributed by atoms with E-state index in [9.17, 15) is 9.90 Å². The maximum absolute atomic E-state index is 12.1. The number of aliphatic hydroxyl groups is 1. The Labute approximate surface area is 165 Å². The van der Waals surface area contributed by atoms with Gasteiger partial charge >= 0.3 is 0 Å². The van der Waals surface area contributed by atoms with Crippen LogP contribution < -0.4 is 5.32 Å². The van der Waals surface area contributed by atoms with Crippen molar-refractivity contribution < 1.29 is 9.90 Å². The smallest absolute Gasteiger partial charge is 0.220 e. The number of unbranched alkanes of at least 4 members (excludes halogenated alkanes) is 1. The maximum atomic E-state index is 12.1. The molecular formula is C21H40N4O2. The molecule has 1 rings (SSSR count). The van der Waals surface area contributed by atoms with Crippen LogP contribution in [0.25, 0.3) is 0 Å². The van der Waals surface area contributed by atoms with E-state index in [0.29, 0.717) is 25.8 Å². The van der Waals surface area contributed by atoms with Crippen LogP contribution >= 0.6 is 0 Å². The molecule has 0 aromatic carbocycles. The first-order valence-corrected chi connectivity index (χ1v) is 10.4. The van der Waals surface area contributed by atoms with Crippen LogP contribution in [0.15, 0.2) is 6.20 Å². The number of amides is 1. The van der Waals surface area contributed by atoms with Gasteiger partial charge in [0, 0.05) is 12.0 Å². The average Bonchev–Trinajstić information content (AvgIpc) is 3.02. The summed E-state index contributed by atoms with van der Waals surface area (Å²) in [6, 6.07) is 0. The highest BCUT2D eigenvalue weighted by molar-refractivity contribution is 5.76. The Balaban J connectivity index is 2.88. The van der Waals surface area contributed by atoms with Crippen LogP contribution in [-0.4, -0.2) is 37.1 Å². The molecule has 6 heteroatoms. The van der Waals surface area contributed by atoms with Crippen LogP contribution in [-0.2, 0) is 17.8 Å². The van der Waals surface area contributed by atoms with E-state index in [1.165, 1.54) is 0 Å². The van der Waals surface area contributed by atoms with Gasteiger partial charge in [0.2, 0.25) is 5.91 Å². The van der Waals surface area contributed by atoms with E-state index in [1.54, 1.807) is 10.9 Å². The highest BCUT2D eigenvalue weighted by Crippen LogP contribution is 2.42. The highest BCUT2D eigenvalue weighted by atomic mass is 16.3. The molecule has 1 amide bonds. The third-order valence-electron chi connectivity index (χ3n) is 5.80. The number of hydrogen-bond acceptors (Lipinski definition) is 4. The monoisotopic (exact) mass is 380 g/mol. The minimum atomic E-state index is -0.854. The van der Waals surface area contributed by atoms with Gasteiger partial charge in [-0.15, -0.1) is 5.10 Å². The van der Waals surface area contributed by atoms with Crippen molar-refractivity contribution in [2.45, 2.75) is 111 Å². The van der Waals surface area contributed by atoms with Crippen molar-refractivity contribution in [3.63, 3.8) is 0 Å². The van der Waals surface area contributed by atoms with Crippen molar-refractivity contribution in [2.24, 2.45) is 5.41 Å². The maximum Gasteiger partial charge on any atom is 0.220 e. The van der Waals surface area contributed by atoms with Crippen molar-refractivity contribution >= 4 is 5.91 Å². The summed E-state index contributed by atoms with van der Waals surface area (Å²) in [5, 5.41) is 22.7. The molecule has 0 spiro atoms. The summed E-state index contributed by atoms with van der Waals surface area (Å²) in [6.07, 6.45) is 7.43. The van der Waals surface area contributed by atoms with Crippen molar-refractivity contribution in [2.75, 3.05) is 0 Å². The average molecular weight is 381 g/mol. The number of nitrogens with one attached hydrogen (secondary N) is 1. The van der Waals surface area contributed by atoms with Gasteiger partial charge in [-0.05, 0) is 51.9 Å². The molecule has 1 aromatic rings. The van der Waals surface area contributed by atoms with Crippen LogP contribution in [0, 0.1) is 5.41 Å². The molecule has 2 atom stereocenters. The van der Waals surface area contributed by atoms with E-state index in [4.69, 9.17) is 0 Å². The van der Waals surface area contributed by atoms with E-state index in [0.717, 1.165) is 31.4 Å². The lowest BCUT2D eigenvalue weighted by Gasteiger charge is -2.45. The summed E-state index contributed by atoms with van der Waals surface area (Å²) in [7, 11) is 0. The summed E-state index contributed by atoms with van der Waals surface area (Å²) < 4.78 is 1.79. The topological polar surface area (TPSA) is 80.0 Å². The minimum Gasteiger partial charge on any atom is -0.387 e. The molecule has 0 aliphatic carbocycles. The largest absolute Gasteiger partial charge is 0.387 e. The Hall–Kier alpha value is -1.43. The second-order valence-corrected chi connectivity index (χ2v) is 9.08. The predicted octanol–water partition coefficient (Wildman–Crippen LogP) is 3.87. The van der Waals surface area contributed by atoms with E-state index < -0.39 is 5.60 Å². The molecule has 6 nitrogen and oxygen atoms in total. The van der Waals surface area contributed by atoms with E-state index >= 15 is 0 Å². The zero-order valence-corrected chi connectivity index (χ0v) is 18.4. The van der Waals surface area contributed by atoms with Gasteiger partial charge in [0.15, 0.2) is 0 Å².